The summed E-state index contributed by atoms with van der Waals surface area (Å²) in [6.45, 7) is 0.404. The molecule has 0 spiro atoms. The minimum absolute atomic E-state index is 0.404. The van der Waals surface area contributed by atoms with Crippen LogP contribution in [0.3, 0.4) is 0 Å². The summed E-state index contributed by atoms with van der Waals surface area (Å²) in [5.41, 5.74) is 0.474. The van der Waals surface area contributed by atoms with Crippen molar-refractivity contribution in [1.82, 2.24) is 9.62 Å². The van der Waals surface area contributed by atoms with Gasteiger partial charge in [-0.1, -0.05) is 6.07 Å². The van der Waals surface area contributed by atoms with Crippen LogP contribution in [0.1, 0.15) is 24.4 Å². The fourth-order valence-electron chi connectivity index (χ4n) is 2.45. The van der Waals surface area contributed by atoms with Crippen LogP contribution in [-0.4, -0.2) is 38.6 Å². The molecule has 1 unspecified atom stereocenters. The third-order valence-electron chi connectivity index (χ3n) is 3.53. The van der Waals surface area contributed by atoms with Gasteiger partial charge in [-0.3, -0.25) is 4.79 Å². The number of hydrogen-bond acceptors (Lipinski definition) is 3. The number of rotatable bonds is 4. The molecule has 1 aliphatic rings. The van der Waals surface area contributed by atoms with Gasteiger partial charge in [0.2, 0.25) is 15.9 Å². The summed E-state index contributed by atoms with van der Waals surface area (Å²) in [4.78, 5) is 13.5. The van der Waals surface area contributed by atoms with E-state index in [9.17, 15) is 22.0 Å². The number of carbonyl (C=O) groups is 1. The molecule has 1 aliphatic heterocycles. The van der Waals surface area contributed by atoms with Gasteiger partial charge in [-0.2, -0.15) is 0 Å². The normalized spacial score (nSPS) is 19.0. The number of likely N-dealkylation sites (tertiary alicyclic amines) is 1. The molecule has 116 valence electrons. The number of hydrogen-bond donors (Lipinski definition) is 1. The Balaban J connectivity index is 2.20. The topological polar surface area (TPSA) is 66.5 Å². The van der Waals surface area contributed by atoms with Gasteiger partial charge in [-0.25, -0.2) is 21.9 Å². The van der Waals surface area contributed by atoms with Crippen LogP contribution in [0.2, 0.25) is 0 Å². The lowest BCUT2D eigenvalue weighted by Gasteiger charge is -2.25. The largest absolute Gasteiger partial charge is 0.335 e. The average molecular weight is 318 g/mol. The third kappa shape index (κ3) is 3.56. The first kappa shape index (κ1) is 15.8. The molecule has 21 heavy (non-hydrogen) atoms. The van der Waals surface area contributed by atoms with Crippen LogP contribution in [0, 0.1) is 11.6 Å². The lowest BCUT2D eigenvalue weighted by molar-refractivity contribution is -0.129. The molecule has 0 aliphatic carbocycles. The third-order valence-corrected chi connectivity index (χ3v) is 4.78. The Morgan fingerprint density at radius 2 is 2.10 bits per heavy atom. The van der Waals surface area contributed by atoms with E-state index in [0.717, 1.165) is 12.1 Å². The maximum Gasteiger partial charge on any atom is 0.239 e. The summed E-state index contributed by atoms with van der Waals surface area (Å²) in [5.74, 6) is -3.12. The van der Waals surface area contributed by atoms with E-state index in [4.69, 9.17) is 0 Å². The van der Waals surface area contributed by atoms with Gasteiger partial charge in [0, 0.05) is 6.54 Å². The summed E-state index contributed by atoms with van der Waals surface area (Å²) < 4.78 is 51.2. The highest BCUT2D eigenvalue weighted by molar-refractivity contribution is 7.90. The molecule has 0 radical (unpaired) electrons. The van der Waals surface area contributed by atoms with Crippen LogP contribution in [0.25, 0.3) is 0 Å². The first-order valence-electron chi connectivity index (χ1n) is 6.49. The van der Waals surface area contributed by atoms with E-state index in [1.54, 1.807) is 0 Å². The molecule has 1 saturated heterocycles. The Kier molecular flexibility index (Phi) is 4.58. The second-order valence-electron chi connectivity index (χ2n) is 4.88. The quantitative estimate of drug-likeness (QED) is 0.906. The zero-order chi connectivity index (χ0) is 15.6. The second-order valence-corrected chi connectivity index (χ2v) is 6.81. The highest BCUT2D eigenvalue weighted by Gasteiger charge is 2.32. The Morgan fingerprint density at radius 1 is 1.38 bits per heavy atom. The molecule has 1 N–H and O–H groups in total. The smallest absolute Gasteiger partial charge is 0.239 e. The van der Waals surface area contributed by atoms with Crippen LogP contribution in [0.5, 0.6) is 0 Å². The molecule has 8 heteroatoms. The minimum atomic E-state index is -3.65. The number of carbonyl (C=O) groups excluding carboxylic acids is 1. The average Bonchev–Trinajstić information content (AvgIpc) is 2.91. The maximum absolute atomic E-state index is 13.3. The van der Waals surface area contributed by atoms with Crippen molar-refractivity contribution in [3.05, 3.63) is 35.4 Å². The van der Waals surface area contributed by atoms with Crippen LogP contribution >= 0.6 is 0 Å². The predicted molar refractivity (Wildman–Crippen MR) is 72.9 cm³/mol. The van der Waals surface area contributed by atoms with Crippen molar-refractivity contribution in [1.29, 1.82) is 0 Å². The number of halogens is 2. The van der Waals surface area contributed by atoms with Crippen molar-refractivity contribution < 1.29 is 22.0 Å². The van der Waals surface area contributed by atoms with E-state index in [1.165, 1.54) is 18.0 Å². The lowest BCUT2D eigenvalue weighted by atomic mass is 10.0. The van der Waals surface area contributed by atoms with Gasteiger partial charge in [0.15, 0.2) is 11.6 Å². The Bertz CT molecular complexity index is 649. The number of nitrogens with one attached hydrogen (secondary N) is 1. The Labute approximate surface area is 122 Å². The Hall–Kier alpha value is -1.54. The summed E-state index contributed by atoms with van der Waals surface area (Å²) in [7, 11) is -2.42. The number of sulfonamides is 1. The second kappa shape index (κ2) is 6.07. The van der Waals surface area contributed by atoms with Crippen molar-refractivity contribution in [3.8, 4) is 0 Å². The summed E-state index contributed by atoms with van der Waals surface area (Å²) >= 11 is 0. The van der Waals surface area contributed by atoms with Crippen LogP contribution in [0.4, 0.5) is 8.78 Å². The summed E-state index contributed by atoms with van der Waals surface area (Å²) in [6.07, 6.45) is 1.28. The van der Waals surface area contributed by atoms with Gasteiger partial charge in [0.05, 0.1) is 6.04 Å². The first-order valence-corrected chi connectivity index (χ1v) is 8.15. The monoisotopic (exact) mass is 318 g/mol. The fraction of sp³-hybridized carbons (Fsp3) is 0.462. The molecule has 1 aromatic rings. The van der Waals surface area contributed by atoms with Crippen LogP contribution < -0.4 is 4.72 Å². The maximum atomic E-state index is 13.3. The first-order chi connectivity index (χ1) is 9.84. The van der Waals surface area contributed by atoms with Crippen molar-refractivity contribution in [2.45, 2.75) is 18.9 Å². The molecule has 2 rings (SSSR count). The zero-order valence-electron chi connectivity index (χ0n) is 11.5. The molecule has 1 fully saturated rings. The summed E-state index contributed by atoms with van der Waals surface area (Å²) in [6, 6.07) is 3.06. The van der Waals surface area contributed by atoms with E-state index >= 15 is 0 Å². The molecule has 0 saturated carbocycles. The Morgan fingerprint density at radius 3 is 2.71 bits per heavy atom. The molecular weight excluding hydrogens is 302 g/mol. The van der Waals surface area contributed by atoms with Crippen LogP contribution in [0.15, 0.2) is 18.2 Å². The van der Waals surface area contributed by atoms with Crippen LogP contribution in [-0.2, 0) is 14.8 Å². The molecule has 1 aromatic carbocycles. The fourth-order valence-corrected chi connectivity index (χ4v) is 3.08. The lowest BCUT2D eigenvalue weighted by Crippen LogP contribution is -2.38. The number of benzene rings is 1. The zero-order valence-corrected chi connectivity index (χ0v) is 12.3. The highest BCUT2D eigenvalue weighted by atomic mass is 32.2. The summed E-state index contributed by atoms with van der Waals surface area (Å²) in [5, 5.41) is 0. The number of amides is 1. The van der Waals surface area contributed by atoms with Gasteiger partial charge < -0.3 is 4.90 Å². The minimum Gasteiger partial charge on any atom is -0.335 e. The van der Waals surface area contributed by atoms with E-state index < -0.39 is 39.4 Å². The van der Waals surface area contributed by atoms with E-state index in [-0.39, 0.29) is 0 Å². The van der Waals surface area contributed by atoms with Gasteiger partial charge >= 0.3 is 0 Å². The van der Waals surface area contributed by atoms with E-state index in [0.29, 0.717) is 24.9 Å². The van der Waals surface area contributed by atoms with Gasteiger partial charge in [0.1, 0.15) is 5.75 Å². The number of nitrogens with zero attached hydrogens (tertiary/aromatic N) is 1. The molecule has 1 amide bonds. The predicted octanol–water partition coefficient (Wildman–Crippen LogP) is 1.18. The van der Waals surface area contributed by atoms with Crippen molar-refractivity contribution >= 4 is 15.9 Å². The highest BCUT2D eigenvalue weighted by Crippen LogP contribution is 2.32. The molecule has 1 atom stereocenters. The van der Waals surface area contributed by atoms with Crippen molar-refractivity contribution in [3.63, 3.8) is 0 Å². The van der Waals surface area contributed by atoms with Gasteiger partial charge in [-0.05, 0) is 37.6 Å². The molecule has 0 bridgehead atoms. The van der Waals surface area contributed by atoms with E-state index in [1.807, 2.05) is 0 Å². The van der Waals surface area contributed by atoms with Gasteiger partial charge in [-0.15, -0.1) is 0 Å². The molecular formula is C13H16F2N2O3S. The van der Waals surface area contributed by atoms with Crippen molar-refractivity contribution in [2.75, 3.05) is 19.3 Å². The van der Waals surface area contributed by atoms with E-state index in [2.05, 4.69) is 4.72 Å². The van der Waals surface area contributed by atoms with Gasteiger partial charge in [0.25, 0.3) is 0 Å². The SMILES string of the molecule is CNS(=O)(=O)CC(=O)N1CCCC1c1ccc(F)c(F)c1. The molecule has 5 nitrogen and oxygen atoms in total. The molecule has 1 heterocycles. The molecule has 0 aromatic heterocycles. The standard InChI is InChI=1S/C13H16F2N2O3S/c1-16-21(19,20)8-13(18)17-6-2-3-12(17)9-4-5-10(14)11(15)7-9/h4-5,7,12,16H,2-3,6,8H2,1H3. The van der Waals surface area contributed by atoms with Crippen molar-refractivity contribution in [2.24, 2.45) is 0 Å².